The highest BCUT2D eigenvalue weighted by atomic mass is 32.2. The summed E-state index contributed by atoms with van der Waals surface area (Å²) in [4.78, 5) is 26.3. The maximum atomic E-state index is 12.2. The van der Waals surface area contributed by atoms with Gasteiger partial charge in [0.25, 0.3) is 5.56 Å². The number of nitrogens with one attached hydrogen (secondary N) is 2. The fraction of sp³-hybridized carbons (Fsp3) is 0.412. The first-order valence-electron chi connectivity index (χ1n) is 8.03. The number of amides is 1. The fourth-order valence-corrected chi connectivity index (χ4v) is 2.93. The van der Waals surface area contributed by atoms with E-state index in [1.54, 1.807) is 28.1 Å². The SMILES string of the molecule is COc1ccc(CCNC(=O)C(C)Sc2nnc(C)c(=O)[nH]2)cc1OC. The second-order valence-electron chi connectivity index (χ2n) is 5.54. The standard InChI is InChI=1S/C17H22N4O4S/c1-10-15(22)19-17(21-20-10)26-11(2)16(23)18-8-7-12-5-6-13(24-3)14(9-12)25-4/h5-6,9,11H,7-8H2,1-4H3,(H,18,23)(H,19,21,22). The van der Waals surface area contributed by atoms with E-state index in [1.165, 1.54) is 0 Å². The monoisotopic (exact) mass is 378 g/mol. The molecule has 1 unspecified atom stereocenters. The number of carbonyl (C=O) groups is 1. The van der Waals surface area contributed by atoms with Gasteiger partial charge in [0, 0.05) is 6.54 Å². The third-order valence-electron chi connectivity index (χ3n) is 3.66. The minimum atomic E-state index is -0.409. The number of methoxy groups -OCH3 is 2. The predicted octanol–water partition coefficient (Wildman–Crippen LogP) is 1.33. The second-order valence-corrected chi connectivity index (χ2v) is 6.86. The van der Waals surface area contributed by atoms with E-state index in [0.717, 1.165) is 17.3 Å². The Morgan fingerprint density at radius 1 is 1.27 bits per heavy atom. The van der Waals surface area contributed by atoms with Crippen LogP contribution in [0.15, 0.2) is 28.2 Å². The second kappa shape index (κ2) is 9.23. The van der Waals surface area contributed by atoms with Crippen molar-refractivity contribution in [1.82, 2.24) is 20.5 Å². The molecule has 26 heavy (non-hydrogen) atoms. The Balaban J connectivity index is 1.86. The van der Waals surface area contributed by atoms with Gasteiger partial charge in [0.05, 0.1) is 19.5 Å². The van der Waals surface area contributed by atoms with Crippen molar-refractivity contribution in [3.05, 3.63) is 39.8 Å². The van der Waals surface area contributed by atoms with Gasteiger partial charge in [-0.15, -0.1) is 10.2 Å². The van der Waals surface area contributed by atoms with Crippen molar-refractivity contribution in [3.8, 4) is 11.5 Å². The zero-order valence-corrected chi connectivity index (χ0v) is 16.0. The molecule has 8 nitrogen and oxygen atoms in total. The van der Waals surface area contributed by atoms with Gasteiger partial charge in [0.2, 0.25) is 5.91 Å². The summed E-state index contributed by atoms with van der Waals surface area (Å²) in [5.41, 5.74) is 1.02. The molecule has 2 N–H and O–H groups in total. The van der Waals surface area contributed by atoms with Crippen molar-refractivity contribution in [1.29, 1.82) is 0 Å². The average Bonchev–Trinajstić information content (AvgIpc) is 2.64. The lowest BCUT2D eigenvalue weighted by Crippen LogP contribution is -2.32. The summed E-state index contributed by atoms with van der Waals surface area (Å²) in [5, 5.41) is 10.4. The maximum Gasteiger partial charge on any atom is 0.273 e. The third-order valence-corrected chi connectivity index (χ3v) is 4.63. The molecule has 1 aromatic carbocycles. The summed E-state index contributed by atoms with van der Waals surface area (Å²) in [6, 6.07) is 5.65. The molecule has 1 heterocycles. The van der Waals surface area contributed by atoms with Gasteiger partial charge in [-0.2, -0.15) is 0 Å². The van der Waals surface area contributed by atoms with E-state index in [4.69, 9.17) is 9.47 Å². The van der Waals surface area contributed by atoms with Crippen LogP contribution in [0.1, 0.15) is 18.2 Å². The molecule has 1 aromatic heterocycles. The number of ether oxygens (including phenoxy) is 2. The zero-order chi connectivity index (χ0) is 19.1. The van der Waals surface area contributed by atoms with Gasteiger partial charge < -0.3 is 14.8 Å². The zero-order valence-electron chi connectivity index (χ0n) is 15.2. The largest absolute Gasteiger partial charge is 0.493 e. The number of benzene rings is 1. The summed E-state index contributed by atoms with van der Waals surface area (Å²) in [7, 11) is 3.17. The van der Waals surface area contributed by atoms with Gasteiger partial charge in [0.1, 0.15) is 5.69 Å². The van der Waals surface area contributed by atoms with Gasteiger partial charge in [-0.3, -0.25) is 14.6 Å². The molecule has 0 aliphatic rings. The van der Waals surface area contributed by atoms with Crippen LogP contribution in [0.25, 0.3) is 0 Å². The molecular formula is C17H22N4O4S. The third kappa shape index (κ3) is 5.22. The first-order chi connectivity index (χ1) is 12.4. The van der Waals surface area contributed by atoms with E-state index < -0.39 is 5.25 Å². The van der Waals surface area contributed by atoms with Crippen LogP contribution in [0.3, 0.4) is 0 Å². The summed E-state index contributed by atoms with van der Waals surface area (Å²) >= 11 is 1.15. The van der Waals surface area contributed by atoms with Crippen molar-refractivity contribution in [2.75, 3.05) is 20.8 Å². The summed E-state index contributed by atoms with van der Waals surface area (Å²) in [6.45, 7) is 3.80. The highest BCUT2D eigenvalue weighted by molar-refractivity contribution is 8.00. The number of aromatic nitrogens is 3. The van der Waals surface area contributed by atoms with Crippen LogP contribution in [0, 0.1) is 6.92 Å². The number of rotatable bonds is 8. The Bertz CT molecular complexity index is 825. The Hall–Kier alpha value is -2.55. The van der Waals surface area contributed by atoms with Gasteiger partial charge in [-0.05, 0) is 38.0 Å². The van der Waals surface area contributed by atoms with Gasteiger partial charge in [0.15, 0.2) is 16.7 Å². The summed E-state index contributed by atoms with van der Waals surface area (Å²) < 4.78 is 10.5. The van der Waals surface area contributed by atoms with Crippen molar-refractivity contribution in [2.24, 2.45) is 0 Å². The first kappa shape index (κ1) is 19.8. The number of H-pyrrole nitrogens is 1. The van der Waals surface area contributed by atoms with E-state index in [2.05, 4.69) is 20.5 Å². The fourth-order valence-electron chi connectivity index (χ4n) is 2.16. The molecule has 1 amide bonds. The van der Waals surface area contributed by atoms with Crippen molar-refractivity contribution in [2.45, 2.75) is 30.7 Å². The Morgan fingerprint density at radius 2 is 2.00 bits per heavy atom. The van der Waals surface area contributed by atoms with Crippen LogP contribution in [-0.4, -0.2) is 47.1 Å². The Kier molecular flexibility index (Phi) is 7.02. The molecular weight excluding hydrogens is 356 g/mol. The topological polar surface area (TPSA) is 106 Å². The van der Waals surface area contributed by atoms with Crippen LogP contribution in [0.4, 0.5) is 0 Å². The molecule has 1 atom stereocenters. The minimum Gasteiger partial charge on any atom is -0.493 e. The molecule has 0 aliphatic heterocycles. The van der Waals surface area contributed by atoms with Crippen molar-refractivity contribution in [3.63, 3.8) is 0 Å². The van der Waals surface area contributed by atoms with E-state index >= 15 is 0 Å². The summed E-state index contributed by atoms with van der Waals surface area (Å²) in [5.74, 6) is 1.18. The predicted molar refractivity (Wildman–Crippen MR) is 99.0 cm³/mol. The molecule has 0 saturated carbocycles. The lowest BCUT2D eigenvalue weighted by molar-refractivity contribution is -0.120. The number of carbonyl (C=O) groups excluding carboxylic acids is 1. The molecule has 0 fully saturated rings. The molecule has 0 aliphatic carbocycles. The molecule has 9 heteroatoms. The van der Waals surface area contributed by atoms with E-state index in [0.29, 0.717) is 35.3 Å². The Labute approximate surface area is 155 Å². The van der Waals surface area contributed by atoms with Crippen LogP contribution < -0.4 is 20.3 Å². The van der Waals surface area contributed by atoms with Crippen molar-refractivity contribution >= 4 is 17.7 Å². The number of hydrogen-bond acceptors (Lipinski definition) is 7. The number of hydrogen-bond donors (Lipinski definition) is 2. The van der Waals surface area contributed by atoms with Gasteiger partial charge in [-0.25, -0.2) is 0 Å². The molecule has 0 bridgehead atoms. The average molecular weight is 378 g/mol. The van der Waals surface area contributed by atoms with Gasteiger partial charge >= 0.3 is 0 Å². The maximum absolute atomic E-state index is 12.2. The Morgan fingerprint density at radius 3 is 2.65 bits per heavy atom. The van der Waals surface area contributed by atoms with Gasteiger partial charge in [-0.1, -0.05) is 17.8 Å². The number of aromatic amines is 1. The lowest BCUT2D eigenvalue weighted by atomic mass is 10.1. The van der Waals surface area contributed by atoms with Crippen LogP contribution in [0.2, 0.25) is 0 Å². The van der Waals surface area contributed by atoms with Crippen LogP contribution in [-0.2, 0) is 11.2 Å². The smallest absolute Gasteiger partial charge is 0.273 e. The molecule has 0 radical (unpaired) electrons. The lowest BCUT2D eigenvalue weighted by Gasteiger charge is -2.12. The van der Waals surface area contributed by atoms with E-state index in [1.807, 2.05) is 18.2 Å². The van der Waals surface area contributed by atoms with Crippen LogP contribution >= 0.6 is 11.8 Å². The number of thioether (sulfide) groups is 1. The van der Waals surface area contributed by atoms with E-state index in [-0.39, 0.29) is 11.5 Å². The quantitative estimate of drug-likeness (QED) is 0.668. The molecule has 2 rings (SSSR count). The highest BCUT2D eigenvalue weighted by Gasteiger charge is 2.16. The molecule has 0 spiro atoms. The molecule has 0 saturated heterocycles. The number of nitrogens with zero attached hydrogens (tertiary/aromatic N) is 2. The normalized spacial score (nSPS) is 11.7. The highest BCUT2D eigenvalue weighted by Crippen LogP contribution is 2.27. The number of aryl methyl sites for hydroxylation is 1. The molecule has 2 aromatic rings. The minimum absolute atomic E-state index is 0.140. The molecule has 140 valence electrons. The van der Waals surface area contributed by atoms with Crippen molar-refractivity contribution < 1.29 is 14.3 Å². The van der Waals surface area contributed by atoms with E-state index in [9.17, 15) is 9.59 Å². The first-order valence-corrected chi connectivity index (χ1v) is 8.91. The van der Waals surface area contributed by atoms with Crippen LogP contribution in [0.5, 0.6) is 11.5 Å². The summed E-state index contributed by atoms with van der Waals surface area (Å²) in [6.07, 6.45) is 0.657.